The van der Waals surface area contributed by atoms with Crippen molar-refractivity contribution < 1.29 is 51.2 Å². The molecule has 1 atom stereocenters. The van der Waals surface area contributed by atoms with Crippen molar-refractivity contribution in [3.05, 3.63) is 0 Å². The van der Waals surface area contributed by atoms with E-state index in [1.54, 1.807) is 0 Å². The van der Waals surface area contributed by atoms with Crippen molar-refractivity contribution in [3.63, 3.8) is 0 Å². The summed E-state index contributed by atoms with van der Waals surface area (Å²) in [5, 5.41) is 0. The molecule has 0 bridgehead atoms. The third-order valence-electron chi connectivity index (χ3n) is 0. The third kappa shape index (κ3) is 9.01. The Morgan fingerprint density at radius 2 is 0.750 bits per heavy atom. The molecular formula is H3Fe2MnP. The second-order valence-corrected chi connectivity index (χ2v) is 0. The first-order valence-corrected chi connectivity index (χ1v) is 0. The summed E-state index contributed by atoms with van der Waals surface area (Å²) in [6, 6.07) is 0. The molecule has 1 unspecified atom stereocenters. The van der Waals surface area contributed by atoms with Crippen molar-refractivity contribution in [1.82, 2.24) is 0 Å². The molecule has 0 saturated heterocycles. The van der Waals surface area contributed by atoms with E-state index in [4.69, 9.17) is 0 Å². The maximum absolute atomic E-state index is 0. The van der Waals surface area contributed by atoms with Crippen LogP contribution in [0.1, 0.15) is 0 Å². The van der Waals surface area contributed by atoms with Gasteiger partial charge in [-0.05, 0) is 0 Å². The molecule has 0 aliphatic carbocycles. The number of hydrogen-bond donors (Lipinski definition) is 0. The molecule has 4 heteroatoms. The first-order chi connectivity index (χ1) is 0. The minimum absolute atomic E-state index is 0. The first kappa shape index (κ1) is 37.7. The van der Waals surface area contributed by atoms with Crippen LogP contribution < -0.4 is 0 Å². The van der Waals surface area contributed by atoms with Crippen LogP contribution in [-0.2, 0) is 51.2 Å². The van der Waals surface area contributed by atoms with E-state index in [0.29, 0.717) is 0 Å². The fraction of sp³-hybridized carbons (Fsp3) is 0. The Hall–Kier alpha value is 1.99. The Kier molecular flexibility index (Phi) is 189. The summed E-state index contributed by atoms with van der Waals surface area (Å²) in [5.41, 5.74) is 0. The van der Waals surface area contributed by atoms with E-state index in [1.807, 2.05) is 0 Å². The van der Waals surface area contributed by atoms with Gasteiger partial charge in [0.15, 0.2) is 0 Å². The van der Waals surface area contributed by atoms with Crippen LogP contribution in [-0.4, -0.2) is 0 Å². The van der Waals surface area contributed by atoms with Crippen molar-refractivity contribution in [3.8, 4) is 0 Å². The van der Waals surface area contributed by atoms with E-state index in [0.717, 1.165) is 0 Å². The van der Waals surface area contributed by atoms with Gasteiger partial charge in [0.2, 0.25) is 0 Å². The molecule has 0 aliphatic heterocycles. The van der Waals surface area contributed by atoms with E-state index in [-0.39, 0.29) is 61.1 Å². The van der Waals surface area contributed by atoms with Gasteiger partial charge in [0.05, 0.1) is 0 Å². The van der Waals surface area contributed by atoms with Crippen LogP contribution in [0.2, 0.25) is 0 Å². The molecule has 0 saturated carbocycles. The van der Waals surface area contributed by atoms with E-state index < -0.39 is 0 Å². The average molecular weight is 201 g/mol. The zero-order valence-corrected chi connectivity index (χ0v) is 6.60. The van der Waals surface area contributed by atoms with Crippen LogP contribution in [0.5, 0.6) is 0 Å². The van der Waals surface area contributed by atoms with E-state index >= 15 is 0 Å². The van der Waals surface area contributed by atoms with Crippen LogP contribution in [0.4, 0.5) is 0 Å². The van der Waals surface area contributed by atoms with Gasteiger partial charge >= 0.3 is 0 Å². The maximum Gasteiger partial charge on any atom is 0 e. The molecule has 0 aromatic rings. The Balaban J connectivity index is 0. The predicted octanol–water partition coefficient (Wildman–Crippen LogP) is 0.0506. The van der Waals surface area contributed by atoms with E-state index in [1.165, 1.54) is 0 Å². The SMILES string of the molecule is P.[Fe].[Fe].[Mn]. The summed E-state index contributed by atoms with van der Waals surface area (Å²) < 4.78 is 0. The molecule has 0 fully saturated rings. The summed E-state index contributed by atoms with van der Waals surface area (Å²) in [7, 11) is 0. The number of hydrogen-bond acceptors (Lipinski definition) is 0. The van der Waals surface area contributed by atoms with Crippen LogP contribution in [0.25, 0.3) is 0 Å². The summed E-state index contributed by atoms with van der Waals surface area (Å²) in [4.78, 5) is 0. The fourth-order valence-corrected chi connectivity index (χ4v) is 0. The molecular weight excluding hydrogens is 198 g/mol. The monoisotopic (exact) mass is 201 g/mol. The smallest absolute Gasteiger partial charge is 0 e. The normalized spacial score (nSPS) is 0. The van der Waals surface area contributed by atoms with E-state index in [9.17, 15) is 0 Å². The molecule has 0 heterocycles. The van der Waals surface area contributed by atoms with E-state index in [2.05, 4.69) is 0 Å². The number of rotatable bonds is 0. The molecule has 31 valence electrons. The average Bonchev–Trinajstić information content (AvgIpc) is 0. The maximum atomic E-state index is 0. The summed E-state index contributed by atoms with van der Waals surface area (Å²) >= 11 is 0. The molecule has 0 rings (SSSR count). The quantitative estimate of drug-likeness (QED) is 0.383. The van der Waals surface area contributed by atoms with Gasteiger partial charge in [-0.25, -0.2) is 0 Å². The minimum atomic E-state index is 0. The molecule has 0 spiro atoms. The zero-order valence-electron chi connectivity index (χ0n) is 1.79. The first-order valence-electron chi connectivity index (χ1n) is 0. The molecule has 4 heavy (non-hydrogen) atoms. The second kappa shape index (κ2) is 20.1. The predicted molar refractivity (Wildman–Crippen MR) is 11.1 cm³/mol. The van der Waals surface area contributed by atoms with Crippen molar-refractivity contribution >= 4 is 9.90 Å². The van der Waals surface area contributed by atoms with Gasteiger partial charge in [0.1, 0.15) is 0 Å². The molecule has 0 aromatic carbocycles. The summed E-state index contributed by atoms with van der Waals surface area (Å²) in [6.07, 6.45) is 0. The van der Waals surface area contributed by atoms with Crippen molar-refractivity contribution in [2.75, 3.05) is 0 Å². The Bertz CT molecular complexity index is 6.00. The molecule has 1 radical (unpaired) electrons. The standard InChI is InChI=1S/2Fe.Mn.H3P/h;;;1H3. The Morgan fingerprint density at radius 1 is 0.750 bits per heavy atom. The third-order valence-corrected chi connectivity index (χ3v) is 0. The van der Waals surface area contributed by atoms with Gasteiger partial charge in [-0.1, -0.05) is 0 Å². The van der Waals surface area contributed by atoms with Gasteiger partial charge in [-0.15, -0.1) is 0 Å². The molecule has 0 aliphatic rings. The van der Waals surface area contributed by atoms with Crippen LogP contribution in [0, 0.1) is 0 Å². The van der Waals surface area contributed by atoms with Crippen molar-refractivity contribution in [1.29, 1.82) is 0 Å². The van der Waals surface area contributed by atoms with Gasteiger partial charge in [0.25, 0.3) is 0 Å². The molecule has 0 N–H and O–H groups in total. The van der Waals surface area contributed by atoms with Gasteiger partial charge in [-0.3, -0.25) is 0 Å². The summed E-state index contributed by atoms with van der Waals surface area (Å²) in [6.45, 7) is 0. The minimum Gasteiger partial charge on any atom is -0.153 e. The topological polar surface area (TPSA) is 0 Å². The zero-order chi connectivity index (χ0) is 0. The van der Waals surface area contributed by atoms with Crippen molar-refractivity contribution in [2.24, 2.45) is 0 Å². The van der Waals surface area contributed by atoms with Gasteiger partial charge < -0.3 is 0 Å². The second-order valence-electron chi connectivity index (χ2n) is 0. The molecule has 0 aromatic heterocycles. The van der Waals surface area contributed by atoms with Gasteiger partial charge in [0, 0.05) is 51.2 Å². The molecule has 0 nitrogen and oxygen atoms in total. The Morgan fingerprint density at radius 3 is 0.750 bits per heavy atom. The van der Waals surface area contributed by atoms with Crippen LogP contribution >= 0.6 is 9.90 Å². The summed E-state index contributed by atoms with van der Waals surface area (Å²) in [5.74, 6) is 0. The van der Waals surface area contributed by atoms with Crippen LogP contribution in [0.3, 0.4) is 0 Å². The van der Waals surface area contributed by atoms with Crippen molar-refractivity contribution in [2.45, 2.75) is 0 Å². The largest absolute Gasteiger partial charge is 0.153 e. The van der Waals surface area contributed by atoms with Gasteiger partial charge in [-0.2, -0.15) is 9.90 Å². The Labute approximate surface area is 60.9 Å². The fourth-order valence-electron chi connectivity index (χ4n) is 0. The van der Waals surface area contributed by atoms with Crippen LogP contribution in [0.15, 0.2) is 0 Å². The molecule has 0 amide bonds.